The van der Waals surface area contributed by atoms with Crippen molar-refractivity contribution in [1.29, 1.82) is 0 Å². The number of para-hydroxylation sites is 1. The van der Waals surface area contributed by atoms with Gasteiger partial charge in [0, 0.05) is 28.7 Å². The third kappa shape index (κ3) is 4.20. The van der Waals surface area contributed by atoms with Crippen LogP contribution >= 0.6 is 11.6 Å². The van der Waals surface area contributed by atoms with Crippen LogP contribution in [0.1, 0.15) is 17.2 Å². The summed E-state index contributed by atoms with van der Waals surface area (Å²) in [7, 11) is 0. The summed E-state index contributed by atoms with van der Waals surface area (Å²) >= 11 is 5.94. The van der Waals surface area contributed by atoms with E-state index in [2.05, 4.69) is 10.3 Å². The fraction of sp³-hybridized carbons (Fsp3) is 0.211. The smallest absolute Gasteiger partial charge is 0.234 e. The van der Waals surface area contributed by atoms with Gasteiger partial charge in [-0.25, -0.2) is 0 Å². The molecule has 0 aliphatic carbocycles. The molecule has 0 saturated carbocycles. The van der Waals surface area contributed by atoms with Crippen molar-refractivity contribution in [3.8, 4) is 0 Å². The van der Waals surface area contributed by atoms with Crippen LogP contribution in [0.25, 0.3) is 10.9 Å². The molecule has 5 nitrogen and oxygen atoms in total. The Morgan fingerprint density at radius 3 is 2.80 bits per heavy atom. The number of benzene rings is 2. The lowest BCUT2D eigenvalue weighted by Gasteiger charge is -2.18. The SMILES string of the molecule is NC(=O)[C@@H](Cc1c[nH]c2ccccc12)NCC(O)c1cccc(Cl)c1. The number of aromatic nitrogens is 1. The number of carbonyl (C=O) groups excluding carboxylic acids is 1. The Kier molecular flexibility index (Phi) is 5.38. The van der Waals surface area contributed by atoms with E-state index in [1.54, 1.807) is 24.3 Å². The first-order valence-electron chi connectivity index (χ1n) is 8.06. The molecule has 5 N–H and O–H groups in total. The van der Waals surface area contributed by atoms with E-state index in [0.717, 1.165) is 16.5 Å². The van der Waals surface area contributed by atoms with Gasteiger partial charge in [-0.15, -0.1) is 0 Å². The fourth-order valence-electron chi connectivity index (χ4n) is 2.88. The van der Waals surface area contributed by atoms with Gasteiger partial charge in [-0.1, -0.05) is 41.9 Å². The van der Waals surface area contributed by atoms with Gasteiger partial charge in [0.1, 0.15) is 0 Å². The predicted octanol–water partition coefficient (Wildman–Crippen LogP) is 2.54. The summed E-state index contributed by atoms with van der Waals surface area (Å²) in [5.41, 5.74) is 8.24. The van der Waals surface area contributed by atoms with Crippen LogP contribution in [0.2, 0.25) is 5.02 Å². The standard InChI is InChI=1S/C19H20ClN3O2/c20-14-5-3-4-12(8-14)18(24)11-23-17(19(21)25)9-13-10-22-16-7-2-1-6-15(13)16/h1-8,10,17-18,22-24H,9,11H2,(H2,21,25)/t17-,18?/m1/s1. The second-order valence-electron chi connectivity index (χ2n) is 6.00. The Morgan fingerprint density at radius 1 is 1.24 bits per heavy atom. The maximum Gasteiger partial charge on any atom is 0.234 e. The van der Waals surface area contributed by atoms with Crippen LogP contribution in [0, 0.1) is 0 Å². The number of amides is 1. The number of primary amides is 1. The van der Waals surface area contributed by atoms with Crippen molar-refractivity contribution in [2.24, 2.45) is 5.73 Å². The Morgan fingerprint density at radius 2 is 2.04 bits per heavy atom. The molecule has 0 aliphatic rings. The van der Waals surface area contributed by atoms with Crippen molar-refractivity contribution in [1.82, 2.24) is 10.3 Å². The molecule has 6 heteroatoms. The number of aliphatic hydroxyl groups is 1. The first kappa shape index (κ1) is 17.5. The molecule has 1 aromatic heterocycles. The zero-order chi connectivity index (χ0) is 17.8. The third-order valence-corrected chi connectivity index (χ3v) is 4.47. The molecule has 0 bridgehead atoms. The second kappa shape index (κ2) is 7.70. The van der Waals surface area contributed by atoms with E-state index in [1.807, 2.05) is 30.5 Å². The van der Waals surface area contributed by atoms with Gasteiger partial charge in [0.2, 0.25) is 5.91 Å². The van der Waals surface area contributed by atoms with Crippen LogP contribution in [-0.2, 0) is 11.2 Å². The van der Waals surface area contributed by atoms with Crippen molar-refractivity contribution in [2.75, 3.05) is 6.54 Å². The van der Waals surface area contributed by atoms with E-state index in [1.165, 1.54) is 0 Å². The van der Waals surface area contributed by atoms with Crippen LogP contribution in [0.3, 0.4) is 0 Å². The summed E-state index contributed by atoms with van der Waals surface area (Å²) < 4.78 is 0. The molecule has 1 amide bonds. The number of fused-ring (bicyclic) bond motifs is 1. The quantitative estimate of drug-likeness (QED) is 0.523. The first-order valence-corrected chi connectivity index (χ1v) is 8.43. The van der Waals surface area contributed by atoms with E-state index in [4.69, 9.17) is 17.3 Å². The van der Waals surface area contributed by atoms with Crippen LogP contribution in [0.4, 0.5) is 0 Å². The summed E-state index contributed by atoms with van der Waals surface area (Å²) in [6.45, 7) is 0.205. The molecule has 3 aromatic rings. The van der Waals surface area contributed by atoms with Gasteiger partial charge < -0.3 is 21.1 Å². The van der Waals surface area contributed by atoms with Gasteiger partial charge in [0.15, 0.2) is 0 Å². The van der Waals surface area contributed by atoms with Gasteiger partial charge in [-0.2, -0.15) is 0 Å². The highest BCUT2D eigenvalue weighted by molar-refractivity contribution is 6.30. The van der Waals surface area contributed by atoms with Crippen LogP contribution < -0.4 is 11.1 Å². The number of carbonyl (C=O) groups is 1. The molecule has 0 spiro atoms. The number of halogens is 1. The monoisotopic (exact) mass is 357 g/mol. The zero-order valence-electron chi connectivity index (χ0n) is 13.6. The summed E-state index contributed by atoms with van der Waals surface area (Å²) in [5, 5.41) is 15.0. The van der Waals surface area contributed by atoms with Gasteiger partial charge in [0.05, 0.1) is 12.1 Å². The first-order chi connectivity index (χ1) is 12.0. The molecule has 2 atom stereocenters. The lowest BCUT2D eigenvalue weighted by molar-refractivity contribution is -0.120. The average Bonchev–Trinajstić information content (AvgIpc) is 3.01. The summed E-state index contributed by atoms with van der Waals surface area (Å²) in [6.07, 6.45) is 1.56. The highest BCUT2D eigenvalue weighted by atomic mass is 35.5. The number of aromatic amines is 1. The number of nitrogens with one attached hydrogen (secondary N) is 2. The number of rotatable bonds is 7. The highest BCUT2D eigenvalue weighted by Gasteiger charge is 2.19. The molecular formula is C19H20ClN3O2. The predicted molar refractivity (Wildman–Crippen MR) is 99.4 cm³/mol. The number of nitrogens with two attached hydrogens (primary N) is 1. The third-order valence-electron chi connectivity index (χ3n) is 4.23. The van der Waals surface area contributed by atoms with Crippen LogP contribution in [0.15, 0.2) is 54.7 Å². The average molecular weight is 358 g/mol. The van der Waals surface area contributed by atoms with Crippen LogP contribution in [-0.4, -0.2) is 28.6 Å². The normalized spacial score (nSPS) is 13.7. The van der Waals surface area contributed by atoms with Crippen molar-refractivity contribution in [2.45, 2.75) is 18.6 Å². The molecule has 1 unspecified atom stereocenters. The van der Waals surface area contributed by atoms with Gasteiger partial charge in [0.25, 0.3) is 0 Å². The largest absolute Gasteiger partial charge is 0.387 e. The molecule has 130 valence electrons. The Balaban J connectivity index is 1.68. The van der Waals surface area contributed by atoms with E-state index in [-0.39, 0.29) is 6.54 Å². The van der Waals surface area contributed by atoms with Crippen molar-refractivity contribution in [3.05, 3.63) is 70.9 Å². The summed E-state index contributed by atoms with van der Waals surface area (Å²) in [4.78, 5) is 15.0. The molecule has 2 aromatic carbocycles. The maximum atomic E-state index is 11.8. The summed E-state index contributed by atoms with van der Waals surface area (Å²) in [6, 6.07) is 14.3. The van der Waals surface area contributed by atoms with E-state index < -0.39 is 18.1 Å². The second-order valence-corrected chi connectivity index (χ2v) is 6.43. The van der Waals surface area contributed by atoms with Gasteiger partial charge in [-0.3, -0.25) is 4.79 Å². The van der Waals surface area contributed by atoms with E-state index >= 15 is 0 Å². The fourth-order valence-corrected chi connectivity index (χ4v) is 3.08. The molecule has 1 heterocycles. The Labute approximate surface area is 150 Å². The molecule has 0 aliphatic heterocycles. The van der Waals surface area contributed by atoms with Crippen molar-refractivity contribution in [3.63, 3.8) is 0 Å². The maximum absolute atomic E-state index is 11.8. The van der Waals surface area contributed by atoms with Crippen LogP contribution in [0.5, 0.6) is 0 Å². The lowest BCUT2D eigenvalue weighted by atomic mass is 10.0. The number of hydrogen-bond acceptors (Lipinski definition) is 3. The number of hydrogen-bond donors (Lipinski definition) is 4. The summed E-state index contributed by atoms with van der Waals surface area (Å²) in [5.74, 6) is -0.455. The molecular weight excluding hydrogens is 338 g/mol. The minimum atomic E-state index is -0.775. The zero-order valence-corrected chi connectivity index (χ0v) is 14.3. The van der Waals surface area contributed by atoms with Gasteiger partial charge in [-0.05, 0) is 35.7 Å². The number of H-pyrrole nitrogens is 1. The number of aliphatic hydroxyl groups excluding tert-OH is 1. The molecule has 25 heavy (non-hydrogen) atoms. The van der Waals surface area contributed by atoms with E-state index in [9.17, 15) is 9.90 Å². The minimum Gasteiger partial charge on any atom is -0.387 e. The van der Waals surface area contributed by atoms with Crippen molar-refractivity contribution < 1.29 is 9.90 Å². The molecule has 0 fully saturated rings. The van der Waals surface area contributed by atoms with Gasteiger partial charge >= 0.3 is 0 Å². The Hall–Kier alpha value is -2.34. The van der Waals surface area contributed by atoms with Crippen molar-refractivity contribution >= 4 is 28.4 Å². The molecule has 0 radical (unpaired) electrons. The minimum absolute atomic E-state index is 0.205. The van der Waals surface area contributed by atoms with E-state index in [0.29, 0.717) is 17.0 Å². The lowest BCUT2D eigenvalue weighted by Crippen LogP contribution is -2.44. The Bertz CT molecular complexity index is 878. The molecule has 0 saturated heterocycles. The molecule has 3 rings (SSSR count). The highest BCUT2D eigenvalue weighted by Crippen LogP contribution is 2.20. The topological polar surface area (TPSA) is 91.1 Å².